The second kappa shape index (κ2) is 3.66. The van der Waals surface area contributed by atoms with Crippen LogP contribution in [0, 0.1) is 0 Å². The molecule has 4 nitrogen and oxygen atoms in total. The molecule has 0 fully saturated rings. The quantitative estimate of drug-likeness (QED) is 0.742. The molecule has 0 saturated carbocycles. The molecular weight excluding hydrogens is 200 g/mol. The molecule has 1 aliphatic rings. The van der Waals surface area contributed by atoms with Gasteiger partial charge in [0.15, 0.2) is 0 Å². The second-order valence-corrected chi connectivity index (χ2v) is 3.40. The first-order chi connectivity index (χ1) is 7.93. The van der Waals surface area contributed by atoms with E-state index in [1.165, 1.54) is 0 Å². The average molecular weight is 209 g/mol. The molecule has 0 aliphatic carbocycles. The van der Waals surface area contributed by atoms with Gasteiger partial charge in [-0.05, 0) is 24.3 Å². The van der Waals surface area contributed by atoms with Gasteiger partial charge in [-0.15, -0.1) is 5.10 Å². The summed E-state index contributed by atoms with van der Waals surface area (Å²) in [5.41, 5.74) is 6.45. The van der Waals surface area contributed by atoms with Gasteiger partial charge in [-0.1, -0.05) is 18.2 Å². The summed E-state index contributed by atoms with van der Waals surface area (Å²) in [6.07, 6.45) is 5.42. The van der Waals surface area contributed by atoms with E-state index in [0.717, 1.165) is 17.1 Å². The lowest BCUT2D eigenvalue weighted by Crippen LogP contribution is -1.99. The monoisotopic (exact) mass is 209 g/mol. The molecule has 3 rings (SSSR count). The van der Waals surface area contributed by atoms with Crippen LogP contribution in [-0.4, -0.2) is 15.5 Å². The Bertz CT molecular complexity index is 551. The van der Waals surface area contributed by atoms with Crippen molar-refractivity contribution in [2.45, 2.75) is 0 Å². The lowest BCUT2D eigenvalue weighted by atomic mass is 10.3. The minimum atomic E-state index is 0.801. The number of nitrogens with zero attached hydrogens (tertiary/aromatic N) is 4. The maximum Gasteiger partial charge on any atom is 0.115 e. The summed E-state index contributed by atoms with van der Waals surface area (Å²) in [5, 5.41) is 8.40. The molecule has 16 heavy (non-hydrogen) atoms. The van der Waals surface area contributed by atoms with E-state index in [1.54, 1.807) is 6.20 Å². The highest BCUT2D eigenvalue weighted by atomic mass is 15.3. The van der Waals surface area contributed by atoms with E-state index in [4.69, 9.17) is 0 Å². The van der Waals surface area contributed by atoms with Gasteiger partial charge in [-0.2, -0.15) is 10.5 Å². The van der Waals surface area contributed by atoms with Crippen LogP contribution < -0.4 is 5.43 Å². The summed E-state index contributed by atoms with van der Waals surface area (Å²) in [7, 11) is 0. The first kappa shape index (κ1) is 8.91. The van der Waals surface area contributed by atoms with E-state index in [0.29, 0.717) is 0 Å². The van der Waals surface area contributed by atoms with Crippen molar-refractivity contribution < 1.29 is 0 Å². The topological polar surface area (TPSA) is 44.3 Å². The highest BCUT2D eigenvalue weighted by Gasteiger charge is 2.08. The van der Waals surface area contributed by atoms with Crippen molar-refractivity contribution in [2.24, 2.45) is 5.10 Å². The van der Waals surface area contributed by atoms with Gasteiger partial charge in [-0.3, -0.25) is 0 Å². The van der Waals surface area contributed by atoms with Crippen LogP contribution in [0.5, 0.6) is 0 Å². The summed E-state index contributed by atoms with van der Waals surface area (Å²) in [6, 6.07) is 11.9. The van der Waals surface area contributed by atoms with Crippen LogP contribution in [0.25, 0.3) is 5.69 Å². The first-order valence-electron chi connectivity index (χ1n) is 4.99. The van der Waals surface area contributed by atoms with Crippen LogP contribution in [-0.2, 0) is 0 Å². The highest BCUT2D eigenvalue weighted by molar-refractivity contribution is 6.08. The fourth-order valence-corrected chi connectivity index (χ4v) is 1.55. The molecule has 77 valence electrons. The van der Waals surface area contributed by atoms with Crippen LogP contribution in [0.2, 0.25) is 0 Å². The zero-order valence-corrected chi connectivity index (χ0v) is 8.49. The Balaban J connectivity index is 1.97. The van der Waals surface area contributed by atoms with E-state index in [1.807, 2.05) is 53.4 Å². The van der Waals surface area contributed by atoms with Gasteiger partial charge >= 0.3 is 0 Å². The number of rotatable bonds is 2. The zero-order valence-electron chi connectivity index (χ0n) is 8.49. The molecular formula is C12H9N4. The third kappa shape index (κ3) is 1.50. The summed E-state index contributed by atoms with van der Waals surface area (Å²) in [4.78, 5) is 0. The van der Waals surface area contributed by atoms with Gasteiger partial charge in [0, 0.05) is 6.20 Å². The number of hydrogen-bond acceptors (Lipinski definition) is 2. The van der Waals surface area contributed by atoms with Crippen molar-refractivity contribution in [1.29, 1.82) is 0 Å². The Morgan fingerprint density at radius 2 is 1.88 bits per heavy atom. The van der Waals surface area contributed by atoms with E-state index >= 15 is 0 Å². The predicted molar refractivity (Wildman–Crippen MR) is 61.4 cm³/mol. The molecule has 1 aromatic carbocycles. The molecule has 0 N–H and O–H groups in total. The first-order valence-corrected chi connectivity index (χ1v) is 4.99. The standard InChI is InChI=1S/C12H9N4/c1-2-4-10(5-3-1)16-9-7-12(15-16)11-6-8-13-14-11/h1-9H. The van der Waals surface area contributed by atoms with Crippen LogP contribution in [0.15, 0.2) is 60.0 Å². The predicted octanol–water partition coefficient (Wildman–Crippen LogP) is 1.71. The summed E-state index contributed by atoms with van der Waals surface area (Å²) in [5.74, 6) is 0. The van der Waals surface area contributed by atoms with E-state index in [-0.39, 0.29) is 0 Å². The maximum absolute atomic E-state index is 4.44. The van der Waals surface area contributed by atoms with Crippen molar-refractivity contribution >= 4 is 5.71 Å². The van der Waals surface area contributed by atoms with Gasteiger partial charge in [0.05, 0.1) is 11.9 Å². The van der Waals surface area contributed by atoms with Gasteiger partial charge < -0.3 is 0 Å². The smallest absolute Gasteiger partial charge is 0.115 e. The van der Waals surface area contributed by atoms with Crippen molar-refractivity contribution in [2.75, 3.05) is 0 Å². The number of hydrogen-bond donors (Lipinski definition) is 0. The Morgan fingerprint density at radius 3 is 2.62 bits per heavy atom. The van der Waals surface area contributed by atoms with Crippen LogP contribution >= 0.6 is 0 Å². The summed E-state index contributed by atoms with van der Waals surface area (Å²) < 4.78 is 1.82. The molecule has 0 spiro atoms. The Morgan fingerprint density at radius 1 is 1.00 bits per heavy atom. The highest BCUT2D eigenvalue weighted by Crippen LogP contribution is 2.09. The molecule has 4 heteroatoms. The third-order valence-corrected chi connectivity index (χ3v) is 2.34. The molecule has 0 atom stereocenters. The van der Waals surface area contributed by atoms with Gasteiger partial charge in [0.2, 0.25) is 0 Å². The van der Waals surface area contributed by atoms with Gasteiger partial charge in [-0.25, -0.2) is 4.68 Å². The maximum atomic E-state index is 4.44. The molecule has 2 heterocycles. The van der Waals surface area contributed by atoms with E-state index < -0.39 is 0 Å². The summed E-state index contributed by atoms with van der Waals surface area (Å²) in [6.45, 7) is 0. The number of aromatic nitrogens is 2. The average Bonchev–Trinajstić information content (AvgIpc) is 3.01. The number of allylic oxidation sites excluding steroid dienone is 1. The molecule has 0 bridgehead atoms. The minimum absolute atomic E-state index is 0.801. The molecule has 2 aromatic rings. The van der Waals surface area contributed by atoms with E-state index in [2.05, 4.69) is 15.6 Å². The summed E-state index contributed by atoms with van der Waals surface area (Å²) >= 11 is 0. The normalized spacial score (nSPS) is 13.6. The second-order valence-electron chi connectivity index (χ2n) is 3.40. The minimum Gasteiger partial charge on any atom is -0.240 e. The largest absolute Gasteiger partial charge is 0.240 e. The molecule has 1 aromatic heterocycles. The van der Waals surface area contributed by atoms with Crippen LogP contribution in [0.1, 0.15) is 5.69 Å². The fraction of sp³-hybridized carbons (Fsp3) is 0. The number of benzene rings is 1. The lowest BCUT2D eigenvalue weighted by molar-refractivity contribution is 0.874. The van der Waals surface area contributed by atoms with Crippen molar-refractivity contribution in [3.63, 3.8) is 0 Å². The number of para-hydroxylation sites is 1. The SMILES string of the molecule is C1=CC(c2ccn(-c3ccccc3)n2)=N[N]1. The van der Waals surface area contributed by atoms with E-state index in [9.17, 15) is 0 Å². The fourth-order valence-electron chi connectivity index (χ4n) is 1.55. The molecule has 0 saturated heterocycles. The van der Waals surface area contributed by atoms with Crippen molar-refractivity contribution in [3.05, 3.63) is 60.6 Å². The Hall–Kier alpha value is -2.36. The van der Waals surface area contributed by atoms with Crippen molar-refractivity contribution in [1.82, 2.24) is 15.2 Å². The van der Waals surface area contributed by atoms with Crippen molar-refractivity contribution in [3.8, 4) is 5.69 Å². The zero-order chi connectivity index (χ0) is 10.8. The molecule has 1 aliphatic heterocycles. The molecule has 0 unspecified atom stereocenters. The van der Waals surface area contributed by atoms with Crippen LogP contribution in [0.4, 0.5) is 0 Å². The third-order valence-electron chi connectivity index (χ3n) is 2.34. The molecule has 1 radical (unpaired) electrons. The molecule has 0 amide bonds. The van der Waals surface area contributed by atoms with Gasteiger partial charge in [0.25, 0.3) is 0 Å². The lowest BCUT2D eigenvalue weighted by Gasteiger charge is -1.99. The van der Waals surface area contributed by atoms with Gasteiger partial charge in [0.1, 0.15) is 11.4 Å². The van der Waals surface area contributed by atoms with Crippen LogP contribution in [0.3, 0.4) is 0 Å². The Kier molecular flexibility index (Phi) is 2.04. The Labute approximate surface area is 92.9 Å².